The van der Waals surface area contributed by atoms with Gasteiger partial charge in [0.1, 0.15) is 0 Å². The standard InChI is InChI=1S/C21H30N2O4/c24-13-9-22(10-14-25)20-5-1-18(2-6-20)17-19-3-7-21(8-4-19)23(11-15-26)12-16-27/h1-8,24-27H,9-17H2. The van der Waals surface area contributed by atoms with Gasteiger partial charge in [-0.05, 0) is 41.8 Å². The Kier molecular flexibility index (Phi) is 9.07. The normalized spacial score (nSPS) is 10.8. The summed E-state index contributed by atoms with van der Waals surface area (Å²) in [6.07, 6.45) is 0.806. The molecule has 4 N–H and O–H groups in total. The van der Waals surface area contributed by atoms with Gasteiger partial charge in [-0.1, -0.05) is 24.3 Å². The number of benzene rings is 2. The number of aliphatic hydroxyl groups is 4. The van der Waals surface area contributed by atoms with Crippen LogP contribution in [0.25, 0.3) is 0 Å². The Morgan fingerprint density at radius 2 is 0.778 bits per heavy atom. The summed E-state index contributed by atoms with van der Waals surface area (Å²) in [6.45, 7) is 2.21. The van der Waals surface area contributed by atoms with E-state index in [2.05, 4.69) is 24.3 Å². The minimum absolute atomic E-state index is 0.0533. The highest BCUT2D eigenvalue weighted by Crippen LogP contribution is 2.19. The molecule has 0 aliphatic heterocycles. The van der Waals surface area contributed by atoms with Crippen LogP contribution in [0.4, 0.5) is 11.4 Å². The van der Waals surface area contributed by atoms with Crippen molar-refractivity contribution in [1.82, 2.24) is 0 Å². The fourth-order valence-corrected chi connectivity index (χ4v) is 3.11. The SMILES string of the molecule is OCCN(CCO)c1ccc(Cc2ccc(N(CCO)CCO)cc2)cc1. The molecule has 0 aromatic heterocycles. The van der Waals surface area contributed by atoms with Crippen molar-refractivity contribution in [2.75, 3.05) is 62.4 Å². The molecule has 148 valence electrons. The quantitative estimate of drug-likeness (QED) is 0.441. The predicted molar refractivity (Wildman–Crippen MR) is 108 cm³/mol. The monoisotopic (exact) mass is 374 g/mol. The van der Waals surface area contributed by atoms with Crippen LogP contribution in [0.15, 0.2) is 48.5 Å². The van der Waals surface area contributed by atoms with Crippen molar-refractivity contribution >= 4 is 11.4 Å². The molecule has 0 fully saturated rings. The van der Waals surface area contributed by atoms with E-state index >= 15 is 0 Å². The van der Waals surface area contributed by atoms with Crippen LogP contribution in [0.2, 0.25) is 0 Å². The fraction of sp³-hybridized carbons (Fsp3) is 0.429. The van der Waals surface area contributed by atoms with Crippen LogP contribution in [0, 0.1) is 0 Å². The van der Waals surface area contributed by atoms with E-state index in [4.69, 9.17) is 20.4 Å². The highest BCUT2D eigenvalue weighted by molar-refractivity contribution is 5.50. The smallest absolute Gasteiger partial charge is 0.0606 e. The van der Waals surface area contributed by atoms with Crippen molar-refractivity contribution in [1.29, 1.82) is 0 Å². The van der Waals surface area contributed by atoms with Crippen LogP contribution < -0.4 is 9.80 Å². The van der Waals surface area contributed by atoms with Crippen molar-refractivity contribution in [2.45, 2.75) is 6.42 Å². The van der Waals surface area contributed by atoms with Gasteiger partial charge in [0.15, 0.2) is 0 Å². The lowest BCUT2D eigenvalue weighted by molar-refractivity contribution is 0.280. The predicted octanol–water partition coefficient (Wildman–Crippen LogP) is 0.859. The summed E-state index contributed by atoms with van der Waals surface area (Å²) in [4.78, 5) is 3.91. The Morgan fingerprint density at radius 3 is 1.04 bits per heavy atom. The maximum atomic E-state index is 9.15. The topological polar surface area (TPSA) is 87.4 Å². The minimum Gasteiger partial charge on any atom is -0.395 e. The average molecular weight is 374 g/mol. The van der Waals surface area contributed by atoms with Gasteiger partial charge in [-0.15, -0.1) is 0 Å². The van der Waals surface area contributed by atoms with E-state index in [1.807, 2.05) is 34.1 Å². The fourth-order valence-electron chi connectivity index (χ4n) is 3.11. The maximum absolute atomic E-state index is 9.15. The summed E-state index contributed by atoms with van der Waals surface area (Å²) in [5, 5.41) is 36.6. The molecule has 0 atom stereocenters. The Morgan fingerprint density at radius 1 is 0.481 bits per heavy atom. The Hall–Kier alpha value is -2.12. The molecule has 6 heteroatoms. The molecule has 0 spiro atoms. The van der Waals surface area contributed by atoms with Crippen molar-refractivity contribution < 1.29 is 20.4 Å². The lowest BCUT2D eigenvalue weighted by Gasteiger charge is -2.23. The minimum atomic E-state index is 0.0533. The van der Waals surface area contributed by atoms with Crippen molar-refractivity contribution in [3.63, 3.8) is 0 Å². The van der Waals surface area contributed by atoms with Crippen LogP contribution in [0.5, 0.6) is 0 Å². The second kappa shape index (κ2) is 11.6. The highest BCUT2D eigenvalue weighted by Gasteiger charge is 2.07. The number of hydrogen-bond donors (Lipinski definition) is 4. The Bertz CT molecular complexity index is 577. The molecular formula is C21H30N2O4. The van der Waals surface area contributed by atoms with Gasteiger partial charge in [0.2, 0.25) is 0 Å². The molecule has 0 heterocycles. The van der Waals surface area contributed by atoms with Crippen LogP contribution in [-0.4, -0.2) is 73.0 Å². The van der Waals surface area contributed by atoms with E-state index in [9.17, 15) is 0 Å². The zero-order valence-corrected chi connectivity index (χ0v) is 15.7. The van der Waals surface area contributed by atoms with Crippen LogP contribution in [0.3, 0.4) is 0 Å². The van der Waals surface area contributed by atoms with Gasteiger partial charge in [-0.25, -0.2) is 0 Å². The van der Waals surface area contributed by atoms with E-state index in [0.717, 1.165) is 17.8 Å². The summed E-state index contributed by atoms with van der Waals surface area (Å²) in [6, 6.07) is 16.3. The third-order valence-electron chi connectivity index (χ3n) is 4.49. The van der Waals surface area contributed by atoms with E-state index in [0.29, 0.717) is 26.2 Å². The van der Waals surface area contributed by atoms with Gasteiger partial charge < -0.3 is 30.2 Å². The number of nitrogens with zero attached hydrogens (tertiary/aromatic N) is 2. The van der Waals surface area contributed by atoms with Crippen molar-refractivity contribution in [3.05, 3.63) is 59.7 Å². The molecule has 0 bridgehead atoms. The first-order valence-corrected chi connectivity index (χ1v) is 9.33. The molecular weight excluding hydrogens is 344 g/mol. The molecule has 0 aliphatic rings. The summed E-state index contributed by atoms with van der Waals surface area (Å²) in [5.74, 6) is 0. The molecule has 27 heavy (non-hydrogen) atoms. The van der Waals surface area contributed by atoms with Gasteiger partial charge in [0.05, 0.1) is 26.4 Å². The molecule has 6 nitrogen and oxygen atoms in total. The molecule has 0 saturated carbocycles. The summed E-state index contributed by atoms with van der Waals surface area (Å²) in [7, 11) is 0. The lowest BCUT2D eigenvalue weighted by Crippen LogP contribution is -2.29. The van der Waals surface area contributed by atoms with E-state index in [1.54, 1.807) is 0 Å². The average Bonchev–Trinajstić information content (AvgIpc) is 2.69. The summed E-state index contributed by atoms with van der Waals surface area (Å²) < 4.78 is 0. The zero-order chi connectivity index (χ0) is 19.5. The van der Waals surface area contributed by atoms with Crippen LogP contribution in [0.1, 0.15) is 11.1 Å². The molecule has 0 amide bonds. The molecule has 0 saturated heterocycles. The highest BCUT2D eigenvalue weighted by atomic mass is 16.3. The van der Waals surface area contributed by atoms with E-state index in [1.165, 1.54) is 11.1 Å². The molecule has 2 rings (SSSR count). The molecule has 2 aromatic rings. The van der Waals surface area contributed by atoms with Crippen LogP contribution >= 0.6 is 0 Å². The van der Waals surface area contributed by atoms with Gasteiger partial charge in [-0.3, -0.25) is 0 Å². The van der Waals surface area contributed by atoms with Gasteiger partial charge >= 0.3 is 0 Å². The molecule has 2 aromatic carbocycles. The van der Waals surface area contributed by atoms with Crippen molar-refractivity contribution in [3.8, 4) is 0 Å². The van der Waals surface area contributed by atoms with E-state index < -0.39 is 0 Å². The van der Waals surface area contributed by atoms with Crippen molar-refractivity contribution in [2.24, 2.45) is 0 Å². The Labute approximate surface area is 160 Å². The van der Waals surface area contributed by atoms with Gasteiger partial charge in [0.25, 0.3) is 0 Å². The third-order valence-corrected chi connectivity index (χ3v) is 4.49. The number of hydrogen-bond acceptors (Lipinski definition) is 6. The number of rotatable bonds is 12. The second-order valence-corrected chi connectivity index (χ2v) is 6.38. The first-order chi connectivity index (χ1) is 13.2. The van der Waals surface area contributed by atoms with Gasteiger partial charge in [0, 0.05) is 37.6 Å². The molecule has 0 unspecified atom stereocenters. The van der Waals surface area contributed by atoms with E-state index in [-0.39, 0.29) is 26.4 Å². The zero-order valence-electron chi connectivity index (χ0n) is 15.7. The second-order valence-electron chi connectivity index (χ2n) is 6.38. The maximum Gasteiger partial charge on any atom is 0.0606 e. The third kappa shape index (κ3) is 6.52. The van der Waals surface area contributed by atoms with Crippen LogP contribution in [-0.2, 0) is 6.42 Å². The summed E-state index contributed by atoms with van der Waals surface area (Å²) >= 11 is 0. The first kappa shape index (κ1) is 21.2. The number of anilines is 2. The molecule has 0 radical (unpaired) electrons. The number of aliphatic hydroxyl groups excluding tert-OH is 4. The largest absolute Gasteiger partial charge is 0.395 e. The first-order valence-electron chi connectivity index (χ1n) is 9.33. The lowest BCUT2D eigenvalue weighted by atomic mass is 10.0. The summed E-state index contributed by atoms with van der Waals surface area (Å²) in [5.41, 5.74) is 4.34. The Balaban J connectivity index is 2.02. The molecule has 0 aliphatic carbocycles. The van der Waals surface area contributed by atoms with Gasteiger partial charge in [-0.2, -0.15) is 0 Å².